The van der Waals surface area contributed by atoms with Crippen molar-refractivity contribution in [2.24, 2.45) is 76.9 Å². The lowest BCUT2D eigenvalue weighted by Crippen LogP contribution is -2.66. The van der Waals surface area contributed by atoms with Gasteiger partial charge in [0.15, 0.2) is 0 Å². The Balaban J connectivity index is 0.000000587. The summed E-state index contributed by atoms with van der Waals surface area (Å²) in [5.74, 6) is 12.1. The molecule has 6 spiro atoms. The van der Waals surface area contributed by atoms with Crippen molar-refractivity contribution in [3.05, 3.63) is 44.6 Å². The zero-order chi connectivity index (χ0) is 67.9. The Morgan fingerprint density at radius 2 is 0.495 bits per heavy atom. The molecule has 19 atom stereocenters. The van der Waals surface area contributed by atoms with Gasteiger partial charge in [0.25, 0.3) is 0 Å². The minimum atomic E-state index is 0. The molecule has 12 aliphatic rings. The molecule has 6 nitrogen and oxygen atoms in total. The molecule has 0 radical (unpaired) electrons. The van der Waals surface area contributed by atoms with Crippen LogP contribution in [0.2, 0.25) is 0 Å². The van der Waals surface area contributed by atoms with Gasteiger partial charge in [-0.1, -0.05) is 90.0 Å². The fraction of sp³-hybridized carbons (Fsp3) is 0.935. The number of hydrogen-bond donors (Lipinski definition) is 0. The van der Waals surface area contributed by atoms with Crippen molar-refractivity contribution in [1.82, 2.24) is 0 Å². The van der Waals surface area contributed by atoms with Gasteiger partial charge >= 0.3 is 0 Å². The van der Waals surface area contributed by atoms with Crippen LogP contribution in [0.5, 0.6) is 0 Å². The van der Waals surface area contributed by atoms with Crippen LogP contribution < -0.4 is 0 Å². The van der Waals surface area contributed by atoms with Gasteiger partial charge in [0, 0.05) is 73.0 Å². The van der Waals surface area contributed by atoms with Crippen LogP contribution in [0, 0.1) is 121 Å². The van der Waals surface area contributed by atoms with Crippen LogP contribution in [0.1, 0.15) is 332 Å². The molecule has 0 aromatic heterocycles. The van der Waals surface area contributed by atoms with Crippen LogP contribution in [0.4, 0.5) is 0 Å². The van der Waals surface area contributed by atoms with Gasteiger partial charge in [0.1, 0.15) is 0 Å². The van der Waals surface area contributed by atoms with E-state index in [1.165, 1.54) is 318 Å². The van der Waals surface area contributed by atoms with Gasteiger partial charge < -0.3 is 71.5 Å². The maximum atomic E-state index is 2.53. The van der Waals surface area contributed by atoms with E-state index in [9.17, 15) is 0 Å². The Morgan fingerprint density at radius 3 is 0.899 bits per heavy atom. The molecule has 0 amide bonds. The van der Waals surface area contributed by atoms with E-state index in [-0.39, 0.29) is 44.6 Å². The minimum Gasteiger partial charge on any atom is -0.358 e. The summed E-state index contributed by atoms with van der Waals surface area (Å²) in [5.41, 5.74) is 0. The Bertz CT molecular complexity index is 1990. The van der Waals surface area contributed by atoms with Crippen LogP contribution in [-0.2, 0) is 0 Å². The van der Waals surface area contributed by atoms with Crippen molar-refractivity contribution < 1.29 is 26.9 Å². The number of nitrogens with zero attached hydrogens (tertiary/aromatic N) is 6. The average Bonchev–Trinajstić information content (AvgIpc) is 1.67. The first-order valence-electron chi connectivity index (χ1n) is 43.3. The van der Waals surface area contributed by atoms with Gasteiger partial charge in [0.05, 0.1) is 153 Å². The molecule has 0 N–H and O–H groups in total. The Morgan fingerprint density at radius 1 is 0.182 bits per heavy atom. The van der Waals surface area contributed by atoms with Crippen LogP contribution in [-0.4, -0.2) is 180 Å². The Labute approximate surface area is 629 Å². The summed E-state index contributed by atoms with van der Waals surface area (Å²) >= 11 is 0. The van der Waals surface area contributed by atoms with E-state index in [2.05, 4.69) is 145 Å². The first-order valence-corrected chi connectivity index (χ1v) is 43.3. The zero-order valence-electron chi connectivity index (χ0n) is 73.6. The van der Waals surface area contributed by atoms with Gasteiger partial charge in [-0.3, -0.25) is 0 Å². The predicted molar refractivity (Wildman–Crippen MR) is 447 cm³/mol. The molecular weight excluding hydrogens is 1200 g/mol. The zero-order valence-corrected chi connectivity index (χ0v) is 73.6. The molecule has 12 fully saturated rings. The highest BCUT2D eigenvalue weighted by molar-refractivity contribution is 4.84. The molecule has 12 saturated heterocycles. The monoisotopic (exact) mass is 1390 g/mol. The first kappa shape index (κ1) is 96.8. The molecule has 12 heterocycles. The van der Waals surface area contributed by atoms with Crippen LogP contribution in [0.3, 0.4) is 0 Å². The quantitative estimate of drug-likeness (QED) is 0.168. The smallest absolute Gasteiger partial charge is 0.0892 e. The molecule has 19 unspecified atom stereocenters. The third-order valence-electron chi connectivity index (χ3n) is 33.4. The van der Waals surface area contributed by atoms with E-state index in [4.69, 9.17) is 0 Å². The third kappa shape index (κ3) is 23.9. The van der Waals surface area contributed by atoms with Gasteiger partial charge in [0.2, 0.25) is 0 Å². The topological polar surface area (TPSA) is 0 Å². The minimum absolute atomic E-state index is 0. The maximum Gasteiger partial charge on any atom is 0.0892 e. The Hall–Kier alpha value is -0.240. The summed E-state index contributed by atoms with van der Waals surface area (Å²) in [6, 6.07) is 7.23. The van der Waals surface area contributed by atoms with Gasteiger partial charge in [-0.15, -0.1) is 0 Å². The van der Waals surface area contributed by atoms with Crippen molar-refractivity contribution in [1.29, 1.82) is 0 Å². The predicted octanol–water partition coefficient (Wildman–Crippen LogP) is 24.4. The first-order chi connectivity index (χ1) is 44.1. The van der Waals surface area contributed by atoms with E-state index in [1.54, 1.807) is 0 Å². The van der Waals surface area contributed by atoms with Crippen LogP contribution in [0.25, 0.3) is 0 Å². The fourth-order valence-corrected chi connectivity index (χ4v) is 25.2. The number of rotatable bonds is 0. The van der Waals surface area contributed by atoms with Crippen molar-refractivity contribution in [3.63, 3.8) is 0 Å². The van der Waals surface area contributed by atoms with E-state index < -0.39 is 0 Å². The summed E-state index contributed by atoms with van der Waals surface area (Å²) in [6.07, 6.45) is 42.7. The number of hydrogen-bond acceptors (Lipinski definition) is 0. The van der Waals surface area contributed by atoms with Gasteiger partial charge in [-0.2, -0.15) is 0 Å². The van der Waals surface area contributed by atoms with Gasteiger partial charge in [-0.25, -0.2) is 0 Å². The maximum absolute atomic E-state index is 2.53. The third-order valence-corrected chi connectivity index (χ3v) is 33.4. The summed E-state index contributed by atoms with van der Waals surface area (Å²) in [6.45, 7) is 75.7. The molecule has 0 aliphatic carbocycles. The number of quaternary nitrogens is 6. The highest BCUT2D eigenvalue weighted by atomic mass is 15.4. The normalized spacial score (nSPS) is 40.3. The van der Waals surface area contributed by atoms with Crippen molar-refractivity contribution >= 4 is 0 Å². The molecule has 12 rings (SSSR count). The second kappa shape index (κ2) is 44.3. The lowest BCUT2D eigenvalue weighted by molar-refractivity contribution is -0.981. The summed E-state index contributed by atoms with van der Waals surface area (Å²) < 4.78 is 8.74. The second-order valence-electron chi connectivity index (χ2n) is 38.9. The molecule has 12 aliphatic heterocycles. The summed E-state index contributed by atoms with van der Waals surface area (Å²) in [7, 11) is 0. The highest BCUT2D eigenvalue weighted by Gasteiger charge is 2.52. The summed E-state index contributed by atoms with van der Waals surface area (Å²) in [5, 5.41) is 0. The molecule has 99 heavy (non-hydrogen) atoms. The number of piperidine rings is 6. The van der Waals surface area contributed by atoms with E-state index in [0.29, 0.717) is 0 Å². The van der Waals surface area contributed by atoms with E-state index in [1.807, 2.05) is 0 Å². The molecule has 0 saturated carbocycles. The standard InChI is InChI=1S/3C15H30N.3C14H28N.6CH3/c1-12-11-16(9-7-5-6-8-10-16)15(4)14(3)13(12)2;1-12-11-13(2)16(15(4)14(12)3)9-7-5-6-8-10-16;1-12-11-13(2)15(4)16(14(12)3)9-7-5-6-8-10-16;1-12-10-15(11-13(2)14(12)3)8-6-4-5-7-9-15;1-12-10-14(3)15(11-13(12)2)8-6-4-5-7-9-15;1-12-10-13(2)15(14(3)11-12)8-6-4-5-7-9-15;;;;;;/h3*12-15H,5-11H2,1-4H3;3*12-14H,4-11H2,1-3H3;6*1H3/q6*+1;6*-1. The largest absolute Gasteiger partial charge is 0.358 e. The molecule has 0 aromatic rings. The lowest BCUT2D eigenvalue weighted by atomic mass is 9.75. The van der Waals surface area contributed by atoms with Crippen LogP contribution >= 0.6 is 0 Å². The van der Waals surface area contributed by atoms with Gasteiger partial charge in [-0.05, 0) is 245 Å². The molecular formula is C93H192N6. The Kier molecular flexibility index (Phi) is 43.3. The highest BCUT2D eigenvalue weighted by Crippen LogP contribution is 2.45. The average molecular weight is 1390 g/mol. The molecule has 6 heteroatoms. The molecule has 0 bridgehead atoms. The molecule has 594 valence electrons. The molecule has 0 aromatic carbocycles. The second-order valence-corrected chi connectivity index (χ2v) is 38.9. The van der Waals surface area contributed by atoms with Crippen molar-refractivity contribution in [3.8, 4) is 0 Å². The summed E-state index contributed by atoms with van der Waals surface area (Å²) in [4.78, 5) is 0. The van der Waals surface area contributed by atoms with E-state index in [0.717, 1.165) is 125 Å². The van der Waals surface area contributed by atoms with Crippen molar-refractivity contribution in [2.45, 2.75) is 380 Å². The fourth-order valence-electron chi connectivity index (χ4n) is 25.2. The van der Waals surface area contributed by atoms with Crippen LogP contribution in [0.15, 0.2) is 0 Å². The lowest BCUT2D eigenvalue weighted by Gasteiger charge is -2.55. The van der Waals surface area contributed by atoms with E-state index >= 15 is 0 Å². The van der Waals surface area contributed by atoms with Crippen molar-refractivity contribution in [2.75, 3.05) is 105 Å². The SMILES string of the molecule is CC1CC(C)C(C)[N+]2(CCCCCC2)C1C.CC1CC(C)[N+]2(CCCCCC2)C(C)C1.CC1CC(C)[N+]2(CCCCCC2)C(C)C1C.CC1CC(C)[N+]2(CCCCCC2)CC1C.CC1C[N+]2(CCCCCC2)C(C)C(C)C1C.CC1C[N+]2(CCCCCC2)CC(C)C1C.[CH3-].[CH3-].[CH3-].[CH3-].[CH3-].[CH3-].